The van der Waals surface area contributed by atoms with Crippen molar-refractivity contribution < 1.29 is 13.6 Å². The fourth-order valence-corrected chi connectivity index (χ4v) is 7.27. The second kappa shape index (κ2) is 14.9. The number of carbonyl (C=O) groups is 1. The molecule has 0 radical (unpaired) electrons. The number of benzene rings is 3. The van der Waals surface area contributed by atoms with Gasteiger partial charge in [-0.25, -0.2) is 18.1 Å². The summed E-state index contributed by atoms with van der Waals surface area (Å²) in [6.45, 7) is 2.36. The van der Waals surface area contributed by atoms with Crippen molar-refractivity contribution in [2.75, 3.05) is 11.1 Å². The van der Waals surface area contributed by atoms with Gasteiger partial charge in [0.25, 0.3) is 11.1 Å². The van der Waals surface area contributed by atoms with Crippen molar-refractivity contribution >= 4 is 75.3 Å². The third-order valence-electron chi connectivity index (χ3n) is 8.56. The van der Waals surface area contributed by atoms with Crippen molar-refractivity contribution in [1.82, 2.24) is 18.7 Å². The molecule has 0 saturated heterocycles. The van der Waals surface area contributed by atoms with E-state index >= 15 is 0 Å². The van der Waals surface area contributed by atoms with E-state index in [0.29, 0.717) is 31.2 Å². The fraction of sp³-hybridized carbons (Fsp3) is 0.265. The summed E-state index contributed by atoms with van der Waals surface area (Å²) in [5.74, 6) is -1.62. The van der Waals surface area contributed by atoms with Gasteiger partial charge in [-0.2, -0.15) is 0 Å². The zero-order chi connectivity index (χ0) is 35.9. The third-order valence-corrected chi connectivity index (χ3v) is 10.2. The van der Waals surface area contributed by atoms with Gasteiger partial charge in [0, 0.05) is 42.3 Å². The number of nitrogen functional groups attached to an aromatic ring is 1. The van der Waals surface area contributed by atoms with Crippen molar-refractivity contribution in [2.24, 2.45) is 0 Å². The number of nitrogens with zero attached hydrogens (tertiary/aromatic N) is 4. The maximum atomic E-state index is 14.7. The van der Waals surface area contributed by atoms with Gasteiger partial charge in [-0.05, 0) is 67.6 Å². The minimum absolute atomic E-state index is 0.00518. The molecule has 0 fully saturated rings. The highest BCUT2D eigenvalue weighted by Gasteiger charge is 2.26. The number of hydrogen-bond acceptors (Lipinski definition) is 4. The van der Waals surface area contributed by atoms with Crippen LogP contribution in [-0.4, -0.2) is 24.6 Å². The third kappa shape index (κ3) is 7.07. The number of amides is 1. The largest absolute Gasteiger partial charge is 0.398 e. The SMILES string of the molecule is Nc1cc(-c2c(Cl)n3n(c2=O)CCCC3)c(F)cc1Cl.O=C(Cc1ccc(Cl)cc1)Nc1cc(-c2c(Cl)n3n(c2=O)CCCC3)c(F)cc1Cl. The Balaban J connectivity index is 0.000000187. The summed E-state index contributed by atoms with van der Waals surface area (Å²) in [4.78, 5) is 37.7. The van der Waals surface area contributed by atoms with Gasteiger partial charge in [0.1, 0.15) is 21.9 Å². The van der Waals surface area contributed by atoms with Gasteiger partial charge in [0.2, 0.25) is 5.91 Å². The molecule has 16 heteroatoms. The highest BCUT2D eigenvalue weighted by molar-refractivity contribution is 6.35. The Morgan fingerprint density at radius 1 is 0.680 bits per heavy atom. The zero-order valence-electron chi connectivity index (χ0n) is 26.2. The van der Waals surface area contributed by atoms with Crippen LogP contribution < -0.4 is 22.2 Å². The van der Waals surface area contributed by atoms with E-state index in [4.69, 9.17) is 63.7 Å². The molecule has 2 aliphatic rings. The number of anilines is 2. The second-order valence-electron chi connectivity index (χ2n) is 11.9. The first-order valence-electron chi connectivity index (χ1n) is 15.6. The van der Waals surface area contributed by atoms with Crippen LogP contribution >= 0.6 is 58.0 Å². The lowest BCUT2D eigenvalue weighted by atomic mass is 10.1. The normalized spacial score (nSPS) is 13.7. The number of carbonyl (C=O) groups excluding carboxylic acids is 1. The first kappa shape index (κ1) is 36.1. The molecule has 9 nitrogen and oxygen atoms in total. The van der Waals surface area contributed by atoms with Gasteiger partial charge in [-0.3, -0.25) is 23.7 Å². The first-order chi connectivity index (χ1) is 23.8. The number of nitrogens with one attached hydrogen (secondary N) is 1. The van der Waals surface area contributed by atoms with Gasteiger partial charge < -0.3 is 11.1 Å². The molecule has 2 aliphatic heterocycles. The van der Waals surface area contributed by atoms with E-state index in [1.54, 1.807) is 38.3 Å². The second-order valence-corrected chi connectivity index (χ2v) is 13.8. The standard InChI is InChI=1S/C21H17Cl3FN3O2.C13H12Cl2FN3O/c22-13-5-3-12(4-6-13)9-18(29)26-17-10-14(16(25)11-15(17)23)19-20(24)27-7-1-2-8-28(27)21(19)30;14-8-6-9(16)7(5-10(8)17)11-12(15)18-3-1-2-4-19(18)13(11)20/h3-6,10-11H,1-2,7-9H2,(H,26,29);5-6H,1-4,17H2. The van der Waals surface area contributed by atoms with Crippen molar-refractivity contribution in [1.29, 1.82) is 0 Å². The maximum absolute atomic E-state index is 14.7. The van der Waals surface area contributed by atoms with Crippen molar-refractivity contribution in [3.05, 3.63) is 112 Å². The van der Waals surface area contributed by atoms with E-state index in [2.05, 4.69) is 5.32 Å². The van der Waals surface area contributed by atoms with E-state index < -0.39 is 11.6 Å². The average Bonchev–Trinajstić information content (AvgIpc) is 3.49. The molecule has 0 atom stereocenters. The Morgan fingerprint density at radius 2 is 1.14 bits per heavy atom. The van der Waals surface area contributed by atoms with Crippen LogP contribution in [0.3, 0.4) is 0 Å². The minimum Gasteiger partial charge on any atom is -0.398 e. The van der Waals surface area contributed by atoms with E-state index in [1.165, 1.54) is 16.8 Å². The molecule has 4 heterocycles. The zero-order valence-corrected chi connectivity index (χ0v) is 30.0. The van der Waals surface area contributed by atoms with Crippen molar-refractivity contribution in [2.45, 2.75) is 58.3 Å². The smallest absolute Gasteiger partial charge is 0.276 e. The molecule has 0 unspecified atom stereocenters. The Morgan fingerprint density at radius 3 is 1.64 bits per heavy atom. The highest BCUT2D eigenvalue weighted by atomic mass is 35.5. The minimum atomic E-state index is -0.682. The van der Waals surface area contributed by atoms with Crippen LogP contribution in [0.1, 0.15) is 31.2 Å². The van der Waals surface area contributed by atoms with Gasteiger partial charge in [-0.15, -0.1) is 0 Å². The molecule has 3 N–H and O–H groups in total. The topological polar surface area (TPSA) is 109 Å². The Hall–Kier alpha value is -3.74. The number of rotatable bonds is 5. The predicted octanol–water partition coefficient (Wildman–Crippen LogP) is 8.53. The van der Waals surface area contributed by atoms with Crippen LogP contribution in [0, 0.1) is 11.6 Å². The molecule has 50 heavy (non-hydrogen) atoms. The number of halogens is 7. The quantitative estimate of drug-likeness (QED) is 0.174. The number of hydrogen-bond donors (Lipinski definition) is 2. The highest BCUT2D eigenvalue weighted by Crippen LogP contribution is 2.36. The summed E-state index contributed by atoms with van der Waals surface area (Å²) in [6, 6.07) is 11.8. The van der Waals surface area contributed by atoms with Crippen molar-refractivity contribution in [3.63, 3.8) is 0 Å². The van der Waals surface area contributed by atoms with Crippen LogP contribution in [0.2, 0.25) is 25.4 Å². The lowest BCUT2D eigenvalue weighted by Crippen LogP contribution is -2.27. The molecule has 3 aromatic carbocycles. The summed E-state index contributed by atoms with van der Waals surface area (Å²) >= 11 is 30.4. The van der Waals surface area contributed by atoms with Crippen LogP contribution in [0.4, 0.5) is 20.2 Å². The van der Waals surface area contributed by atoms with E-state index in [-0.39, 0.29) is 77.4 Å². The lowest BCUT2D eigenvalue weighted by Gasteiger charge is -2.17. The van der Waals surface area contributed by atoms with E-state index in [0.717, 1.165) is 43.4 Å². The van der Waals surface area contributed by atoms with Gasteiger partial charge >= 0.3 is 0 Å². The molecule has 0 aliphatic carbocycles. The van der Waals surface area contributed by atoms with Gasteiger partial charge in [0.05, 0.1) is 39.0 Å². The average molecular weight is 785 g/mol. The molecule has 0 saturated carbocycles. The molecular formula is C34H29Cl5F2N6O3. The number of fused-ring (bicyclic) bond motifs is 2. The Labute approximate surface area is 309 Å². The number of aromatic nitrogens is 4. The molecule has 0 bridgehead atoms. The van der Waals surface area contributed by atoms with E-state index in [9.17, 15) is 23.2 Å². The van der Waals surface area contributed by atoms with Crippen LogP contribution in [0.5, 0.6) is 0 Å². The summed E-state index contributed by atoms with van der Waals surface area (Å²) in [5, 5.41) is 3.83. The van der Waals surface area contributed by atoms with E-state index in [1.807, 2.05) is 0 Å². The molecule has 262 valence electrons. The van der Waals surface area contributed by atoms with Gasteiger partial charge in [-0.1, -0.05) is 70.1 Å². The monoisotopic (exact) mass is 782 g/mol. The van der Waals surface area contributed by atoms with Crippen LogP contribution in [-0.2, 0) is 37.4 Å². The van der Waals surface area contributed by atoms with Crippen molar-refractivity contribution in [3.8, 4) is 22.3 Å². The van der Waals surface area contributed by atoms with Crippen LogP contribution in [0.25, 0.3) is 22.3 Å². The molecular weight excluding hydrogens is 756 g/mol. The fourth-order valence-electron chi connectivity index (χ4n) is 6.08. The number of nitrogens with two attached hydrogens (primary N) is 1. The summed E-state index contributed by atoms with van der Waals surface area (Å²) in [6.07, 6.45) is 3.69. The molecule has 0 spiro atoms. The molecule has 5 aromatic rings. The first-order valence-corrected chi connectivity index (χ1v) is 17.5. The molecule has 2 aromatic heterocycles. The van der Waals surface area contributed by atoms with Gasteiger partial charge in [0.15, 0.2) is 0 Å². The molecule has 1 amide bonds. The lowest BCUT2D eigenvalue weighted by molar-refractivity contribution is -0.115. The summed E-state index contributed by atoms with van der Waals surface area (Å²) < 4.78 is 35.2. The molecule has 7 rings (SSSR count). The summed E-state index contributed by atoms with van der Waals surface area (Å²) in [7, 11) is 0. The Bertz CT molecular complexity index is 2240. The predicted molar refractivity (Wildman–Crippen MR) is 195 cm³/mol. The van der Waals surface area contributed by atoms with Crippen LogP contribution in [0.15, 0.2) is 58.1 Å². The maximum Gasteiger partial charge on any atom is 0.276 e. The summed E-state index contributed by atoms with van der Waals surface area (Å²) in [5.41, 5.74) is 6.53. The Kier molecular flexibility index (Phi) is 10.7.